The minimum absolute atomic E-state index is 0.0419. The van der Waals surface area contributed by atoms with Gasteiger partial charge in [-0.2, -0.15) is 4.68 Å². The highest BCUT2D eigenvalue weighted by molar-refractivity contribution is 7.99. The van der Waals surface area contributed by atoms with E-state index in [-0.39, 0.29) is 12.4 Å². The highest BCUT2D eigenvalue weighted by Gasteiger charge is 2.10. The lowest BCUT2D eigenvalue weighted by molar-refractivity contribution is -0.120. The van der Waals surface area contributed by atoms with Crippen molar-refractivity contribution >= 4 is 17.5 Å². The summed E-state index contributed by atoms with van der Waals surface area (Å²) in [6, 6.07) is 7.55. The van der Waals surface area contributed by atoms with E-state index < -0.39 is 0 Å². The number of tetrazole rings is 1. The standard InChI is InChI=1S/C19H26N4O4S/c1-14(2)18(24)13-26-10-9-25-11-12-27-17-7-5-16(6-8-17)23-19(20-21-22-23)28-15(3)4/h5-8,15H,1,9-13H2,2-4H3. The summed E-state index contributed by atoms with van der Waals surface area (Å²) in [5.74, 6) is 0.644. The zero-order valence-electron chi connectivity index (χ0n) is 16.5. The molecule has 0 bridgehead atoms. The lowest BCUT2D eigenvalue weighted by Crippen LogP contribution is -2.14. The van der Waals surface area contributed by atoms with Crippen LogP contribution in [-0.4, -0.2) is 64.3 Å². The Kier molecular flexibility index (Phi) is 9.12. The highest BCUT2D eigenvalue weighted by Crippen LogP contribution is 2.23. The van der Waals surface area contributed by atoms with Crippen LogP contribution in [0.5, 0.6) is 5.75 Å². The van der Waals surface area contributed by atoms with Crippen LogP contribution in [0.1, 0.15) is 20.8 Å². The number of ketones is 1. The van der Waals surface area contributed by atoms with Gasteiger partial charge in [0.1, 0.15) is 19.0 Å². The summed E-state index contributed by atoms with van der Waals surface area (Å²) in [5.41, 5.74) is 1.37. The van der Waals surface area contributed by atoms with Crippen LogP contribution < -0.4 is 4.74 Å². The van der Waals surface area contributed by atoms with Crippen molar-refractivity contribution < 1.29 is 19.0 Å². The molecule has 0 saturated carbocycles. The molecule has 0 aliphatic heterocycles. The first-order chi connectivity index (χ1) is 13.5. The number of benzene rings is 1. The maximum Gasteiger partial charge on any atom is 0.214 e. The zero-order chi connectivity index (χ0) is 20.4. The molecule has 0 saturated heterocycles. The molecule has 0 spiro atoms. The van der Waals surface area contributed by atoms with Gasteiger partial charge in [-0.1, -0.05) is 32.2 Å². The molecule has 1 aromatic carbocycles. The van der Waals surface area contributed by atoms with Crippen LogP contribution in [0.4, 0.5) is 0 Å². The van der Waals surface area contributed by atoms with Gasteiger partial charge in [-0.25, -0.2) is 0 Å². The Balaban J connectivity index is 1.66. The summed E-state index contributed by atoms with van der Waals surface area (Å²) >= 11 is 1.60. The molecule has 0 radical (unpaired) electrons. The number of thioether (sulfide) groups is 1. The third-order valence-corrected chi connectivity index (χ3v) is 4.38. The van der Waals surface area contributed by atoms with E-state index >= 15 is 0 Å². The minimum Gasteiger partial charge on any atom is -0.491 e. The predicted molar refractivity (Wildman–Crippen MR) is 107 cm³/mol. The Bertz CT molecular complexity index is 762. The monoisotopic (exact) mass is 406 g/mol. The number of ether oxygens (including phenoxy) is 3. The normalized spacial score (nSPS) is 11.0. The molecule has 1 heterocycles. The van der Waals surface area contributed by atoms with Crippen molar-refractivity contribution in [3.8, 4) is 11.4 Å². The molecule has 0 aliphatic rings. The number of nitrogens with zero attached hydrogens (tertiary/aromatic N) is 4. The van der Waals surface area contributed by atoms with E-state index in [0.29, 0.717) is 37.3 Å². The topological polar surface area (TPSA) is 88.4 Å². The highest BCUT2D eigenvalue weighted by atomic mass is 32.2. The molecular formula is C19H26N4O4S. The molecule has 0 N–H and O–H groups in total. The molecule has 1 aromatic heterocycles. The molecule has 9 heteroatoms. The Morgan fingerprint density at radius 1 is 1.14 bits per heavy atom. The molecular weight excluding hydrogens is 380 g/mol. The number of carbonyl (C=O) groups is 1. The average Bonchev–Trinajstić information content (AvgIpc) is 3.11. The van der Waals surface area contributed by atoms with E-state index in [1.807, 2.05) is 24.3 Å². The van der Waals surface area contributed by atoms with Gasteiger partial charge in [-0.15, -0.1) is 5.10 Å². The van der Waals surface area contributed by atoms with E-state index in [4.69, 9.17) is 14.2 Å². The second-order valence-electron chi connectivity index (χ2n) is 6.25. The van der Waals surface area contributed by atoms with Crippen LogP contribution in [0.2, 0.25) is 0 Å². The van der Waals surface area contributed by atoms with E-state index in [0.717, 1.165) is 16.6 Å². The maximum atomic E-state index is 11.3. The van der Waals surface area contributed by atoms with E-state index in [1.165, 1.54) is 0 Å². The molecule has 2 rings (SSSR count). The predicted octanol–water partition coefficient (Wildman–Crippen LogP) is 2.72. The summed E-state index contributed by atoms with van der Waals surface area (Å²) in [4.78, 5) is 11.3. The number of hydrogen-bond acceptors (Lipinski definition) is 8. The van der Waals surface area contributed by atoms with Crippen LogP contribution in [0, 0.1) is 0 Å². The van der Waals surface area contributed by atoms with Crippen molar-refractivity contribution in [2.24, 2.45) is 0 Å². The molecule has 0 aliphatic carbocycles. The minimum atomic E-state index is -0.0941. The van der Waals surface area contributed by atoms with Gasteiger partial charge in [-0.05, 0) is 47.2 Å². The van der Waals surface area contributed by atoms with Gasteiger partial charge in [0.2, 0.25) is 5.16 Å². The fourth-order valence-corrected chi connectivity index (χ4v) is 2.78. The maximum absolute atomic E-state index is 11.3. The molecule has 2 aromatic rings. The molecule has 0 unspecified atom stereocenters. The van der Waals surface area contributed by atoms with Crippen molar-refractivity contribution in [3.63, 3.8) is 0 Å². The number of aromatic nitrogens is 4. The summed E-state index contributed by atoms with van der Waals surface area (Å²) in [6.07, 6.45) is 0. The van der Waals surface area contributed by atoms with Gasteiger partial charge < -0.3 is 14.2 Å². The largest absolute Gasteiger partial charge is 0.491 e. The zero-order valence-corrected chi connectivity index (χ0v) is 17.3. The third-order valence-electron chi connectivity index (χ3n) is 3.44. The Morgan fingerprint density at radius 3 is 2.50 bits per heavy atom. The van der Waals surface area contributed by atoms with Crippen LogP contribution in [0.3, 0.4) is 0 Å². The second kappa shape index (κ2) is 11.6. The van der Waals surface area contributed by atoms with Gasteiger partial charge in [-0.3, -0.25) is 4.79 Å². The number of carbonyl (C=O) groups excluding carboxylic acids is 1. The smallest absolute Gasteiger partial charge is 0.214 e. The molecule has 0 atom stereocenters. The first kappa shape index (κ1) is 22.1. The van der Waals surface area contributed by atoms with E-state index in [9.17, 15) is 4.79 Å². The lowest BCUT2D eigenvalue weighted by Gasteiger charge is -2.09. The lowest BCUT2D eigenvalue weighted by atomic mass is 10.2. The summed E-state index contributed by atoms with van der Waals surface area (Å²) in [7, 11) is 0. The molecule has 152 valence electrons. The van der Waals surface area contributed by atoms with Gasteiger partial charge in [0, 0.05) is 5.25 Å². The summed E-state index contributed by atoms with van der Waals surface area (Å²) in [5, 5.41) is 13.0. The quantitative estimate of drug-likeness (QED) is 0.285. The number of Topliss-reactive ketones (excluding diaryl/α,β-unsaturated/α-hetero) is 1. The fourth-order valence-electron chi connectivity index (χ4n) is 2.04. The first-order valence-corrected chi connectivity index (χ1v) is 9.88. The SMILES string of the molecule is C=C(C)C(=O)COCCOCCOc1ccc(-n2nnnc2SC(C)C)cc1. The van der Waals surface area contributed by atoms with Crippen molar-refractivity contribution in [1.29, 1.82) is 0 Å². The third kappa shape index (κ3) is 7.41. The van der Waals surface area contributed by atoms with Crippen molar-refractivity contribution in [1.82, 2.24) is 20.2 Å². The number of hydrogen-bond donors (Lipinski definition) is 0. The van der Waals surface area contributed by atoms with Crippen molar-refractivity contribution in [3.05, 3.63) is 36.4 Å². The Morgan fingerprint density at radius 2 is 1.82 bits per heavy atom. The molecule has 28 heavy (non-hydrogen) atoms. The molecule has 0 fully saturated rings. The fraction of sp³-hybridized carbons (Fsp3) is 0.474. The van der Waals surface area contributed by atoms with Crippen LogP contribution >= 0.6 is 11.8 Å². The number of rotatable bonds is 13. The van der Waals surface area contributed by atoms with Crippen LogP contribution in [-0.2, 0) is 14.3 Å². The van der Waals surface area contributed by atoms with Gasteiger partial charge in [0.05, 0.1) is 25.5 Å². The van der Waals surface area contributed by atoms with Crippen LogP contribution in [0.15, 0.2) is 41.6 Å². The summed E-state index contributed by atoms with van der Waals surface area (Å²) < 4.78 is 18.0. The van der Waals surface area contributed by atoms with Crippen molar-refractivity contribution in [2.45, 2.75) is 31.2 Å². The Labute approximate surface area is 169 Å². The van der Waals surface area contributed by atoms with Crippen molar-refractivity contribution in [2.75, 3.05) is 33.0 Å². The van der Waals surface area contributed by atoms with Gasteiger partial charge >= 0.3 is 0 Å². The average molecular weight is 407 g/mol. The van der Waals surface area contributed by atoms with E-state index in [2.05, 4.69) is 36.0 Å². The van der Waals surface area contributed by atoms with Gasteiger partial charge in [0.25, 0.3) is 0 Å². The van der Waals surface area contributed by atoms with E-state index in [1.54, 1.807) is 23.4 Å². The summed E-state index contributed by atoms with van der Waals surface area (Å²) in [6.45, 7) is 11.1. The Hall–Kier alpha value is -2.23. The van der Waals surface area contributed by atoms with Gasteiger partial charge in [0.15, 0.2) is 5.78 Å². The molecule has 0 amide bonds. The molecule has 8 nitrogen and oxygen atoms in total. The van der Waals surface area contributed by atoms with Crippen LogP contribution in [0.25, 0.3) is 5.69 Å². The first-order valence-electron chi connectivity index (χ1n) is 9.00. The second-order valence-corrected chi connectivity index (χ2v) is 7.79.